The molecule has 0 saturated heterocycles. The number of aromatic carboxylic acids is 1. The van der Waals surface area contributed by atoms with E-state index in [2.05, 4.69) is 0 Å². The molecule has 1 aromatic carbocycles. The van der Waals surface area contributed by atoms with Crippen molar-refractivity contribution in [3.05, 3.63) is 22.8 Å². The minimum atomic E-state index is -1.58. The molecule has 0 amide bonds. The zero-order chi connectivity index (χ0) is 13.9. The monoisotopic (exact) mass is 260 g/mol. The molecule has 6 heteroatoms. The highest BCUT2D eigenvalue weighted by Gasteiger charge is 2.29. The van der Waals surface area contributed by atoms with E-state index in [-0.39, 0.29) is 17.1 Å². The van der Waals surface area contributed by atoms with Gasteiger partial charge >= 0.3 is 5.97 Å². The first-order valence-electron chi connectivity index (χ1n) is 5.34. The zero-order valence-electron chi connectivity index (χ0n) is 10.3. The van der Waals surface area contributed by atoms with E-state index in [9.17, 15) is 13.6 Å². The van der Waals surface area contributed by atoms with E-state index < -0.39 is 23.2 Å². The Morgan fingerprint density at radius 1 is 1.17 bits per heavy atom. The van der Waals surface area contributed by atoms with Crippen LogP contribution in [0.25, 0.3) is 0 Å². The highest BCUT2D eigenvalue weighted by Crippen LogP contribution is 2.38. The van der Waals surface area contributed by atoms with E-state index in [1.807, 2.05) is 6.92 Å². The van der Waals surface area contributed by atoms with Crippen molar-refractivity contribution in [3.8, 4) is 11.5 Å². The van der Waals surface area contributed by atoms with Crippen LogP contribution in [0, 0.1) is 11.6 Å². The number of rotatable bonds is 5. The Morgan fingerprint density at radius 2 is 1.72 bits per heavy atom. The van der Waals surface area contributed by atoms with Gasteiger partial charge in [0.15, 0.2) is 11.6 Å². The summed E-state index contributed by atoms with van der Waals surface area (Å²) in [5.41, 5.74) is -0.585. The molecule has 0 heterocycles. The molecule has 4 nitrogen and oxygen atoms in total. The summed E-state index contributed by atoms with van der Waals surface area (Å²) >= 11 is 0. The van der Waals surface area contributed by atoms with Gasteiger partial charge in [-0.2, -0.15) is 4.39 Å². The molecule has 0 atom stereocenters. The summed E-state index contributed by atoms with van der Waals surface area (Å²) in [6, 6.07) is 0. The Kier molecular flexibility index (Phi) is 4.47. The number of benzene rings is 1. The minimum Gasteiger partial charge on any atom is -0.495 e. The van der Waals surface area contributed by atoms with Crippen LogP contribution in [0.5, 0.6) is 11.5 Å². The lowest BCUT2D eigenvalue weighted by atomic mass is 10.0. The summed E-state index contributed by atoms with van der Waals surface area (Å²) in [4.78, 5) is 11.0. The van der Waals surface area contributed by atoms with Gasteiger partial charge in [-0.25, -0.2) is 9.18 Å². The molecular formula is C12H14F2O4. The Balaban J connectivity index is 3.70. The average Bonchev–Trinajstić information content (AvgIpc) is 2.33. The predicted molar refractivity (Wildman–Crippen MR) is 60.4 cm³/mol. The summed E-state index contributed by atoms with van der Waals surface area (Å²) in [6.07, 6.45) is 0.931. The molecule has 0 radical (unpaired) electrons. The maximum Gasteiger partial charge on any atom is 0.342 e. The summed E-state index contributed by atoms with van der Waals surface area (Å²) in [5, 5.41) is 8.93. The van der Waals surface area contributed by atoms with Crippen LogP contribution in [-0.4, -0.2) is 25.3 Å². The molecule has 0 aliphatic carbocycles. The van der Waals surface area contributed by atoms with Gasteiger partial charge in [-0.3, -0.25) is 0 Å². The third-order valence-electron chi connectivity index (χ3n) is 2.51. The second kappa shape index (κ2) is 5.66. The highest BCUT2D eigenvalue weighted by molar-refractivity contribution is 5.92. The quantitative estimate of drug-likeness (QED) is 0.884. The number of methoxy groups -OCH3 is 2. The second-order valence-corrected chi connectivity index (χ2v) is 3.60. The number of hydrogen-bond donors (Lipinski definition) is 1. The normalized spacial score (nSPS) is 10.3. The Morgan fingerprint density at radius 3 is 2.11 bits per heavy atom. The van der Waals surface area contributed by atoms with Gasteiger partial charge in [-0.1, -0.05) is 13.3 Å². The lowest BCUT2D eigenvalue weighted by Crippen LogP contribution is -2.11. The van der Waals surface area contributed by atoms with Crippen molar-refractivity contribution in [1.29, 1.82) is 0 Å². The number of halogens is 2. The Hall–Kier alpha value is -1.85. The molecule has 0 spiro atoms. The maximum atomic E-state index is 13.7. The van der Waals surface area contributed by atoms with Crippen molar-refractivity contribution in [2.45, 2.75) is 19.8 Å². The van der Waals surface area contributed by atoms with E-state index in [0.717, 1.165) is 0 Å². The highest BCUT2D eigenvalue weighted by atomic mass is 19.2. The minimum absolute atomic E-state index is 0.194. The van der Waals surface area contributed by atoms with Crippen molar-refractivity contribution in [2.24, 2.45) is 0 Å². The second-order valence-electron chi connectivity index (χ2n) is 3.60. The summed E-state index contributed by atoms with van der Waals surface area (Å²) in [7, 11) is 2.40. The van der Waals surface area contributed by atoms with E-state index in [1.54, 1.807) is 0 Å². The van der Waals surface area contributed by atoms with Crippen LogP contribution in [0.1, 0.15) is 29.3 Å². The number of ether oxygens (including phenoxy) is 2. The van der Waals surface area contributed by atoms with Crippen LogP contribution >= 0.6 is 0 Å². The van der Waals surface area contributed by atoms with Gasteiger partial charge in [-0.15, -0.1) is 0 Å². The number of carbonyl (C=O) groups is 1. The third-order valence-corrected chi connectivity index (χ3v) is 2.51. The molecule has 0 saturated carbocycles. The van der Waals surface area contributed by atoms with Crippen molar-refractivity contribution < 1.29 is 28.2 Å². The first-order chi connectivity index (χ1) is 8.49. The molecule has 0 unspecified atom stereocenters. The molecule has 0 aliphatic rings. The molecule has 0 bridgehead atoms. The van der Waals surface area contributed by atoms with Gasteiger partial charge in [0.1, 0.15) is 11.3 Å². The van der Waals surface area contributed by atoms with Gasteiger partial charge in [0.25, 0.3) is 0 Å². The van der Waals surface area contributed by atoms with Crippen molar-refractivity contribution in [2.75, 3.05) is 14.2 Å². The third kappa shape index (κ3) is 2.23. The molecule has 0 aromatic heterocycles. The van der Waals surface area contributed by atoms with Crippen molar-refractivity contribution in [1.82, 2.24) is 0 Å². The van der Waals surface area contributed by atoms with E-state index in [0.29, 0.717) is 12.8 Å². The molecular weight excluding hydrogens is 246 g/mol. The largest absolute Gasteiger partial charge is 0.495 e. The smallest absolute Gasteiger partial charge is 0.342 e. The lowest BCUT2D eigenvalue weighted by molar-refractivity contribution is 0.0686. The van der Waals surface area contributed by atoms with Gasteiger partial charge in [-0.05, 0) is 6.42 Å². The Labute approximate surface area is 103 Å². The molecule has 0 fully saturated rings. The summed E-state index contributed by atoms with van der Waals surface area (Å²) in [5.74, 6) is -4.87. The fourth-order valence-corrected chi connectivity index (χ4v) is 1.80. The maximum absolute atomic E-state index is 13.7. The average molecular weight is 260 g/mol. The Bertz CT molecular complexity index is 472. The summed E-state index contributed by atoms with van der Waals surface area (Å²) < 4.78 is 37.1. The fourth-order valence-electron chi connectivity index (χ4n) is 1.80. The SMILES string of the molecule is CCCc1c(OC)c(F)c(F)c(C(=O)O)c1OC. The number of hydrogen-bond acceptors (Lipinski definition) is 3. The number of carboxylic acid groups (broad SMARTS) is 1. The van der Waals surface area contributed by atoms with Crippen LogP contribution in [0.2, 0.25) is 0 Å². The van der Waals surface area contributed by atoms with Crippen LogP contribution in [0.3, 0.4) is 0 Å². The van der Waals surface area contributed by atoms with Crippen molar-refractivity contribution in [3.63, 3.8) is 0 Å². The topological polar surface area (TPSA) is 55.8 Å². The molecule has 18 heavy (non-hydrogen) atoms. The molecule has 100 valence electrons. The van der Waals surface area contributed by atoms with Crippen LogP contribution in [-0.2, 0) is 6.42 Å². The van der Waals surface area contributed by atoms with Crippen LogP contribution in [0.15, 0.2) is 0 Å². The first-order valence-corrected chi connectivity index (χ1v) is 5.34. The zero-order valence-corrected chi connectivity index (χ0v) is 10.3. The van der Waals surface area contributed by atoms with E-state index in [1.165, 1.54) is 14.2 Å². The first kappa shape index (κ1) is 14.2. The van der Waals surface area contributed by atoms with Gasteiger partial charge in [0, 0.05) is 5.56 Å². The molecule has 1 aromatic rings. The lowest BCUT2D eigenvalue weighted by Gasteiger charge is -2.16. The predicted octanol–water partition coefficient (Wildman–Crippen LogP) is 2.63. The van der Waals surface area contributed by atoms with E-state index >= 15 is 0 Å². The molecule has 1 N–H and O–H groups in total. The van der Waals surface area contributed by atoms with Gasteiger partial charge in [0.05, 0.1) is 14.2 Å². The van der Waals surface area contributed by atoms with Crippen LogP contribution in [0.4, 0.5) is 8.78 Å². The van der Waals surface area contributed by atoms with Gasteiger partial charge in [0.2, 0.25) is 5.82 Å². The standard InChI is InChI=1S/C12H14F2O4/c1-4-5-6-10(17-2)7(12(15)16)8(13)9(14)11(6)18-3/h4-5H2,1-3H3,(H,15,16). The van der Waals surface area contributed by atoms with Crippen molar-refractivity contribution >= 4 is 5.97 Å². The van der Waals surface area contributed by atoms with Crippen LogP contribution < -0.4 is 9.47 Å². The summed E-state index contributed by atoms with van der Waals surface area (Å²) in [6.45, 7) is 1.82. The number of carboxylic acids is 1. The molecule has 0 aliphatic heterocycles. The van der Waals surface area contributed by atoms with Gasteiger partial charge < -0.3 is 14.6 Å². The molecule has 1 rings (SSSR count). The van der Waals surface area contributed by atoms with E-state index in [4.69, 9.17) is 14.6 Å². The fraction of sp³-hybridized carbons (Fsp3) is 0.417.